The van der Waals surface area contributed by atoms with E-state index < -0.39 is 23.1 Å². The fourth-order valence-corrected chi connectivity index (χ4v) is 1.41. The molecule has 0 saturated heterocycles. The van der Waals surface area contributed by atoms with Crippen LogP contribution in [0.25, 0.3) is 0 Å². The lowest BCUT2D eigenvalue weighted by atomic mass is 10.3. The average molecular weight is 278 g/mol. The Balaban J connectivity index is 2.22. The third kappa shape index (κ3) is 2.73. The highest BCUT2D eigenvalue weighted by Gasteiger charge is 2.13. The summed E-state index contributed by atoms with van der Waals surface area (Å²) in [6, 6.07) is 1.05. The number of nitrogens with zero attached hydrogens (tertiary/aromatic N) is 2. The standard InChI is InChI=1S/C10H7ClF3N3O/c11-2-1-8-16-17-10(18-8)15-7-4-5(12)3-6(13)9(7)14/h3-4H,1-2H2,(H,15,17). The number of aromatic nitrogens is 2. The lowest BCUT2D eigenvalue weighted by molar-refractivity contribution is 0.494. The molecule has 0 aliphatic heterocycles. The van der Waals surface area contributed by atoms with E-state index in [1.807, 2.05) is 0 Å². The summed E-state index contributed by atoms with van der Waals surface area (Å²) in [6.07, 6.45) is 0.343. The van der Waals surface area contributed by atoms with E-state index in [9.17, 15) is 13.2 Å². The molecular formula is C10H7ClF3N3O. The predicted molar refractivity (Wildman–Crippen MR) is 58.3 cm³/mol. The summed E-state index contributed by atoms with van der Waals surface area (Å²) >= 11 is 5.46. The van der Waals surface area contributed by atoms with E-state index in [-0.39, 0.29) is 17.8 Å². The number of halogens is 4. The summed E-state index contributed by atoms with van der Waals surface area (Å²) in [6.45, 7) is 0. The molecule has 0 radical (unpaired) electrons. The van der Waals surface area contributed by atoms with Gasteiger partial charge in [-0.05, 0) is 0 Å². The third-order valence-corrected chi connectivity index (χ3v) is 2.20. The Morgan fingerprint density at radius 2 is 2.00 bits per heavy atom. The smallest absolute Gasteiger partial charge is 0.320 e. The predicted octanol–water partition coefficient (Wildman–Crippen LogP) is 3.01. The van der Waals surface area contributed by atoms with E-state index in [2.05, 4.69) is 15.5 Å². The topological polar surface area (TPSA) is 51.0 Å². The van der Waals surface area contributed by atoms with Gasteiger partial charge < -0.3 is 9.73 Å². The quantitative estimate of drug-likeness (QED) is 0.689. The van der Waals surface area contributed by atoms with Crippen molar-refractivity contribution in [2.24, 2.45) is 0 Å². The van der Waals surface area contributed by atoms with Crippen molar-refractivity contribution in [2.45, 2.75) is 6.42 Å². The number of hydrogen-bond acceptors (Lipinski definition) is 4. The summed E-state index contributed by atoms with van der Waals surface area (Å²) in [7, 11) is 0. The Bertz CT molecular complexity index is 561. The molecular weight excluding hydrogens is 271 g/mol. The van der Waals surface area contributed by atoms with Gasteiger partial charge in [-0.15, -0.1) is 16.7 Å². The molecule has 0 bridgehead atoms. The van der Waals surface area contributed by atoms with Crippen molar-refractivity contribution >= 4 is 23.3 Å². The first-order valence-electron chi connectivity index (χ1n) is 4.90. The second-order valence-corrected chi connectivity index (χ2v) is 3.69. The Hall–Kier alpha value is -1.76. The van der Waals surface area contributed by atoms with Crippen LogP contribution in [0.3, 0.4) is 0 Å². The van der Waals surface area contributed by atoms with Crippen LogP contribution in [0.1, 0.15) is 5.89 Å². The van der Waals surface area contributed by atoms with Gasteiger partial charge in [0, 0.05) is 24.4 Å². The third-order valence-electron chi connectivity index (χ3n) is 2.01. The highest BCUT2D eigenvalue weighted by molar-refractivity contribution is 6.17. The SMILES string of the molecule is Fc1cc(F)c(F)c(Nc2nnc(CCCl)o2)c1. The van der Waals surface area contributed by atoms with Crippen LogP contribution < -0.4 is 5.32 Å². The monoisotopic (exact) mass is 277 g/mol. The summed E-state index contributed by atoms with van der Waals surface area (Å²) in [4.78, 5) is 0. The van der Waals surface area contributed by atoms with Crippen molar-refractivity contribution in [2.75, 3.05) is 11.2 Å². The van der Waals surface area contributed by atoms with E-state index in [4.69, 9.17) is 16.0 Å². The lowest BCUT2D eigenvalue weighted by Gasteiger charge is -2.03. The van der Waals surface area contributed by atoms with Gasteiger partial charge in [-0.25, -0.2) is 13.2 Å². The normalized spacial score (nSPS) is 10.7. The lowest BCUT2D eigenvalue weighted by Crippen LogP contribution is -1.98. The number of rotatable bonds is 4. The van der Waals surface area contributed by atoms with Crippen LogP contribution in [0.2, 0.25) is 0 Å². The highest BCUT2D eigenvalue weighted by atomic mass is 35.5. The van der Waals surface area contributed by atoms with Gasteiger partial charge in [0.25, 0.3) is 0 Å². The van der Waals surface area contributed by atoms with Gasteiger partial charge >= 0.3 is 6.01 Å². The van der Waals surface area contributed by atoms with Crippen LogP contribution in [0, 0.1) is 17.5 Å². The molecule has 1 aromatic heterocycles. The van der Waals surface area contributed by atoms with Crippen molar-refractivity contribution in [3.8, 4) is 0 Å². The van der Waals surface area contributed by atoms with Gasteiger partial charge in [-0.3, -0.25) is 0 Å². The number of alkyl halides is 1. The Labute approximate surface area is 105 Å². The maximum atomic E-state index is 13.3. The zero-order valence-electron chi connectivity index (χ0n) is 8.88. The molecule has 1 heterocycles. The molecule has 0 spiro atoms. The van der Waals surface area contributed by atoms with Gasteiger partial charge in [-0.1, -0.05) is 5.10 Å². The first-order valence-corrected chi connectivity index (χ1v) is 5.43. The molecule has 18 heavy (non-hydrogen) atoms. The number of aryl methyl sites for hydroxylation is 1. The van der Waals surface area contributed by atoms with Crippen LogP contribution in [0.5, 0.6) is 0 Å². The zero-order chi connectivity index (χ0) is 13.1. The molecule has 2 aromatic rings. The molecule has 0 saturated carbocycles. The van der Waals surface area contributed by atoms with Crippen molar-refractivity contribution in [3.63, 3.8) is 0 Å². The van der Waals surface area contributed by atoms with Gasteiger partial charge in [0.05, 0.1) is 5.69 Å². The van der Waals surface area contributed by atoms with Crippen LogP contribution in [-0.4, -0.2) is 16.1 Å². The van der Waals surface area contributed by atoms with Crippen LogP contribution in [-0.2, 0) is 6.42 Å². The van der Waals surface area contributed by atoms with Crippen LogP contribution in [0.4, 0.5) is 24.9 Å². The average Bonchev–Trinajstić information content (AvgIpc) is 2.73. The first kappa shape index (κ1) is 12.7. The highest BCUT2D eigenvalue weighted by Crippen LogP contribution is 2.22. The minimum Gasteiger partial charge on any atom is -0.408 e. The molecule has 0 aliphatic rings. The van der Waals surface area contributed by atoms with E-state index in [1.54, 1.807) is 0 Å². The second-order valence-electron chi connectivity index (χ2n) is 3.31. The number of nitrogens with one attached hydrogen (secondary N) is 1. The first-order chi connectivity index (χ1) is 8.60. The molecule has 1 aromatic carbocycles. The largest absolute Gasteiger partial charge is 0.408 e. The van der Waals surface area contributed by atoms with Crippen LogP contribution in [0.15, 0.2) is 16.5 Å². The second kappa shape index (κ2) is 5.26. The zero-order valence-corrected chi connectivity index (χ0v) is 9.64. The van der Waals surface area contributed by atoms with Gasteiger partial charge in [-0.2, -0.15) is 0 Å². The summed E-state index contributed by atoms with van der Waals surface area (Å²) in [5.41, 5.74) is -0.423. The molecule has 0 amide bonds. The fraction of sp³-hybridized carbons (Fsp3) is 0.200. The minimum absolute atomic E-state index is 0.168. The maximum absolute atomic E-state index is 13.3. The van der Waals surface area contributed by atoms with Gasteiger partial charge in [0.15, 0.2) is 11.6 Å². The van der Waals surface area contributed by atoms with E-state index in [0.29, 0.717) is 12.5 Å². The number of benzene rings is 1. The van der Waals surface area contributed by atoms with Crippen molar-refractivity contribution < 1.29 is 17.6 Å². The molecule has 0 fully saturated rings. The van der Waals surface area contributed by atoms with Gasteiger partial charge in [0.1, 0.15) is 5.82 Å². The van der Waals surface area contributed by atoms with Crippen molar-refractivity contribution in [1.29, 1.82) is 0 Å². The van der Waals surface area contributed by atoms with Gasteiger partial charge in [0.2, 0.25) is 5.89 Å². The van der Waals surface area contributed by atoms with Crippen molar-refractivity contribution in [1.82, 2.24) is 10.2 Å². The summed E-state index contributed by atoms with van der Waals surface area (Å²) in [5, 5.41) is 9.43. The molecule has 1 N–H and O–H groups in total. The molecule has 8 heteroatoms. The maximum Gasteiger partial charge on any atom is 0.320 e. The van der Waals surface area contributed by atoms with Crippen LogP contribution >= 0.6 is 11.6 Å². The minimum atomic E-state index is -1.31. The molecule has 4 nitrogen and oxygen atoms in total. The van der Waals surface area contributed by atoms with E-state index >= 15 is 0 Å². The molecule has 96 valence electrons. The Morgan fingerprint density at radius 3 is 2.72 bits per heavy atom. The fourth-order valence-electron chi connectivity index (χ4n) is 1.25. The molecule has 0 unspecified atom stereocenters. The van der Waals surface area contributed by atoms with E-state index in [0.717, 1.165) is 6.07 Å². The van der Waals surface area contributed by atoms with Crippen molar-refractivity contribution in [3.05, 3.63) is 35.5 Å². The number of hydrogen-bond donors (Lipinski definition) is 1. The Kier molecular flexibility index (Phi) is 3.71. The molecule has 0 aliphatic carbocycles. The number of anilines is 2. The Morgan fingerprint density at radius 1 is 1.22 bits per heavy atom. The molecule has 2 rings (SSSR count). The van der Waals surface area contributed by atoms with E-state index in [1.165, 1.54) is 0 Å². The molecule has 0 atom stereocenters. The summed E-state index contributed by atoms with van der Waals surface area (Å²) < 4.78 is 44.2. The summed E-state index contributed by atoms with van der Waals surface area (Å²) in [5.74, 6) is -2.93.